The molecule has 0 spiro atoms. The van der Waals surface area contributed by atoms with E-state index in [0.29, 0.717) is 5.92 Å². The molecule has 0 aromatic carbocycles. The number of carbonyl (C=O) groups excluding carboxylic acids is 1. The zero-order valence-electron chi connectivity index (χ0n) is 11.0. The van der Waals surface area contributed by atoms with Crippen LogP contribution >= 0.6 is 12.4 Å². The van der Waals surface area contributed by atoms with Crippen molar-refractivity contribution < 1.29 is 4.79 Å². The highest BCUT2D eigenvalue weighted by Crippen LogP contribution is 2.08. The van der Waals surface area contributed by atoms with Crippen molar-refractivity contribution >= 4 is 18.3 Å². The summed E-state index contributed by atoms with van der Waals surface area (Å²) in [6, 6.07) is 0. The third-order valence-electron chi connectivity index (χ3n) is 2.53. The molecule has 0 rings (SSSR count). The topological polar surface area (TPSA) is 55.1 Å². The van der Waals surface area contributed by atoms with Crippen molar-refractivity contribution in [3.05, 3.63) is 0 Å². The highest BCUT2D eigenvalue weighted by molar-refractivity contribution is 5.85. The number of hydrogen-bond donors (Lipinski definition) is 2. The minimum Gasteiger partial charge on any atom is -0.355 e. The lowest BCUT2D eigenvalue weighted by Crippen LogP contribution is -2.51. The third kappa shape index (κ3) is 7.94. The Balaban J connectivity index is 0. The molecule has 98 valence electrons. The van der Waals surface area contributed by atoms with Gasteiger partial charge in [-0.1, -0.05) is 27.2 Å². The molecule has 3 N–H and O–H groups in total. The molecule has 0 heterocycles. The maximum absolute atomic E-state index is 11.7. The minimum atomic E-state index is -0.702. The molecule has 0 bridgehead atoms. The van der Waals surface area contributed by atoms with Crippen LogP contribution in [0.2, 0.25) is 0 Å². The van der Waals surface area contributed by atoms with Crippen LogP contribution in [0.25, 0.3) is 0 Å². The van der Waals surface area contributed by atoms with Gasteiger partial charge in [0.15, 0.2) is 0 Å². The van der Waals surface area contributed by atoms with E-state index in [-0.39, 0.29) is 18.3 Å². The van der Waals surface area contributed by atoms with Crippen LogP contribution in [-0.2, 0) is 4.79 Å². The van der Waals surface area contributed by atoms with E-state index in [1.165, 1.54) is 0 Å². The largest absolute Gasteiger partial charge is 0.355 e. The van der Waals surface area contributed by atoms with Gasteiger partial charge < -0.3 is 11.1 Å². The second-order valence-corrected chi connectivity index (χ2v) is 4.96. The first-order chi connectivity index (χ1) is 6.90. The van der Waals surface area contributed by atoms with Gasteiger partial charge in [-0.2, -0.15) is 0 Å². The number of halogens is 1. The molecule has 4 heteroatoms. The van der Waals surface area contributed by atoms with Gasteiger partial charge in [0.05, 0.1) is 5.54 Å². The predicted octanol–water partition coefficient (Wildman–Crippen LogP) is 2.48. The van der Waals surface area contributed by atoms with E-state index >= 15 is 0 Å². The first kappa shape index (κ1) is 18.1. The Morgan fingerprint density at radius 2 is 2.00 bits per heavy atom. The van der Waals surface area contributed by atoms with Crippen LogP contribution < -0.4 is 11.1 Å². The SMILES string of the molecule is CCCC(C)(N)C(=O)NCCCC(C)C.Cl. The van der Waals surface area contributed by atoms with Gasteiger partial charge in [-0.05, 0) is 32.1 Å². The molecule has 0 aromatic rings. The summed E-state index contributed by atoms with van der Waals surface area (Å²) in [7, 11) is 0. The van der Waals surface area contributed by atoms with Crippen molar-refractivity contribution in [1.82, 2.24) is 5.32 Å². The molecule has 0 radical (unpaired) electrons. The second kappa shape index (κ2) is 8.82. The van der Waals surface area contributed by atoms with Crippen molar-refractivity contribution in [2.75, 3.05) is 6.54 Å². The summed E-state index contributed by atoms with van der Waals surface area (Å²) in [6.45, 7) is 8.96. The fourth-order valence-electron chi connectivity index (χ4n) is 1.55. The number of carbonyl (C=O) groups is 1. The molecule has 0 aliphatic carbocycles. The monoisotopic (exact) mass is 250 g/mol. The summed E-state index contributed by atoms with van der Waals surface area (Å²) in [6.07, 6.45) is 3.86. The van der Waals surface area contributed by atoms with E-state index in [1.807, 2.05) is 6.92 Å². The maximum Gasteiger partial charge on any atom is 0.239 e. The Morgan fingerprint density at radius 3 is 2.44 bits per heavy atom. The number of hydrogen-bond acceptors (Lipinski definition) is 2. The normalized spacial score (nSPS) is 14.1. The van der Waals surface area contributed by atoms with Gasteiger partial charge in [0.1, 0.15) is 0 Å². The van der Waals surface area contributed by atoms with E-state index in [4.69, 9.17) is 5.73 Å². The van der Waals surface area contributed by atoms with Crippen LogP contribution in [0, 0.1) is 5.92 Å². The Hall–Kier alpha value is -0.280. The van der Waals surface area contributed by atoms with Crippen LogP contribution in [0.4, 0.5) is 0 Å². The molecule has 0 aliphatic rings. The zero-order chi connectivity index (χ0) is 11.9. The van der Waals surface area contributed by atoms with E-state index in [1.54, 1.807) is 6.92 Å². The lowest BCUT2D eigenvalue weighted by atomic mass is 9.96. The first-order valence-corrected chi connectivity index (χ1v) is 5.97. The van der Waals surface area contributed by atoms with Crippen LogP contribution in [-0.4, -0.2) is 18.0 Å². The van der Waals surface area contributed by atoms with Crippen molar-refractivity contribution in [2.45, 2.75) is 58.9 Å². The summed E-state index contributed by atoms with van der Waals surface area (Å²) < 4.78 is 0. The van der Waals surface area contributed by atoms with Gasteiger partial charge in [-0.25, -0.2) is 0 Å². The average molecular weight is 251 g/mol. The van der Waals surface area contributed by atoms with Gasteiger partial charge in [0.25, 0.3) is 0 Å². The second-order valence-electron chi connectivity index (χ2n) is 4.96. The van der Waals surface area contributed by atoms with Gasteiger partial charge in [0.2, 0.25) is 5.91 Å². The van der Waals surface area contributed by atoms with Crippen LogP contribution in [0.5, 0.6) is 0 Å². The minimum absolute atomic E-state index is 0. The van der Waals surface area contributed by atoms with Crippen molar-refractivity contribution in [3.8, 4) is 0 Å². The molecule has 1 unspecified atom stereocenters. The number of rotatable bonds is 7. The van der Waals surface area contributed by atoms with Gasteiger partial charge >= 0.3 is 0 Å². The van der Waals surface area contributed by atoms with Gasteiger partial charge in [-0.15, -0.1) is 12.4 Å². The standard InChI is InChI=1S/C12H26N2O.ClH/c1-5-8-12(4,13)11(15)14-9-6-7-10(2)3;/h10H,5-9,13H2,1-4H3,(H,14,15);1H. The molecule has 0 fully saturated rings. The summed E-state index contributed by atoms with van der Waals surface area (Å²) in [5.74, 6) is 0.676. The molecule has 0 saturated carbocycles. The van der Waals surface area contributed by atoms with E-state index in [9.17, 15) is 4.79 Å². The highest BCUT2D eigenvalue weighted by atomic mass is 35.5. The molecular formula is C12H27ClN2O. The predicted molar refractivity (Wildman–Crippen MR) is 71.8 cm³/mol. The fourth-order valence-corrected chi connectivity index (χ4v) is 1.55. The van der Waals surface area contributed by atoms with Crippen LogP contribution in [0.3, 0.4) is 0 Å². The van der Waals surface area contributed by atoms with Crippen molar-refractivity contribution in [1.29, 1.82) is 0 Å². The van der Waals surface area contributed by atoms with Crippen molar-refractivity contribution in [2.24, 2.45) is 11.7 Å². The Bertz CT molecular complexity index is 193. The van der Waals surface area contributed by atoms with Gasteiger partial charge in [-0.3, -0.25) is 4.79 Å². The van der Waals surface area contributed by atoms with Crippen molar-refractivity contribution in [3.63, 3.8) is 0 Å². The third-order valence-corrected chi connectivity index (χ3v) is 2.53. The maximum atomic E-state index is 11.7. The Kier molecular flexibility index (Phi) is 9.98. The first-order valence-electron chi connectivity index (χ1n) is 5.97. The highest BCUT2D eigenvalue weighted by Gasteiger charge is 2.26. The summed E-state index contributed by atoms with van der Waals surface area (Å²) in [5.41, 5.74) is 5.20. The quantitative estimate of drug-likeness (QED) is 0.682. The smallest absolute Gasteiger partial charge is 0.239 e. The molecule has 0 aromatic heterocycles. The lowest BCUT2D eigenvalue weighted by molar-refractivity contribution is -0.126. The lowest BCUT2D eigenvalue weighted by Gasteiger charge is -2.22. The van der Waals surface area contributed by atoms with Gasteiger partial charge in [0, 0.05) is 6.54 Å². The Labute approximate surface area is 106 Å². The van der Waals surface area contributed by atoms with E-state index in [2.05, 4.69) is 19.2 Å². The molecule has 0 aliphatic heterocycles. The summed E-state index contributed by atoms with van der Waals surface area (Å²) in [4.78, 5) is 11.7. The molecule has 1 atom stereocenters. The molecule has 3 nitrogen and oxygen atoms in total. The summed E-state index contributed by atoms with van der Waals surface area (Å²) >= 11 is 0. The molecule has 0 saturated heterocycles. The average Bonchev–Trinajstić information content (AvgIpc) is 2.11. The molecule has 16 heavy (non-hydrogen) atoms. The molecule has 1 amide bonds. The number of nitrogens with one attached hydrogen (secondary N) is 1. The van der Waals surface area contributed by atoms with E-state index in [0.717, 1.165) is 32.2 Å². The Morgan fingerprint density at radius 1 is 1.44 bits per heavy atom. The number of nitrogens with two attached hydrogens (primary N) is 1. The zero-order valence-corrected chi connectivity index (χ0v) is 11.8. The van der Waals surface area contributed by atoms with Crippen LogP contribution in [0.15, 0.2) is 0 Å². The molecular weight excluding hydrogens is 224 g/mol. The van der Waals surface area contributed by atoms with Crippen LogP contribution in [0.1, 0.15) is 53.4 Å². The summed E-state index contributed by atoms with van der Waals surface area (Å²) in [5, 5.41) is 2.90. The van der Waals surface area contributed by atoms with E-state index < -0.39 is 5.54 Å². The fraction of sp³-hybridized carbons (Fsp3) is 0.917. The number of amides is 1.